The molecule has 0 spiro atoms. The van der Waals surface area contributed by atoms with Crippen LogP contribution in [0.25, 0.3) is 0 Å². The monoisotopic (exact) mass is 180 g/mol. The summed E-state index contributed by atoms with van der Waals surface area (Å²) in [7, 11) is 4.07. The molecule has 0 aromatic heterocycles. The van der Waals surface area contributed by atoms with E-state index in [2.05, 4.69) is 17.0 Å². The third-order valence-corrected chi connectivity index (χ3v) is 1.27. The van der Waals surface area contributed by atoms with E-state index in [1.165, 1.54) is 5.69 Å². The molecule has 1 nitrogen and oxygen atoms in total. The molecule has 0 aliphatic heterocycles. The van der Waals surface area contributed by atoms with Crippen LogP contribution in [0.1, 0.15) is 0 Å². The van der Waals surface area contributed by atoms with Crippen LogP contribution >= 0.6 is 0 Å². The van der Waals surface area contributed by atoms with Gasteiger partial charge < -0.3 is 4.90 Å². The normalized spacial score (nSPS) is 8.20. The number of nitrogens with zero attached hydrogens (tertiary/aromatic N) is 1. The summed E-state index contributed by atoms with van der Waals surface area (Å²) in [6.07, 6.45) is 0. The van der Waals surface area contributed by atoms with Crippen molar-refractivity contribution in [1.82, 2.24) is 0 Å². The van der Waals surface area contributed by atoms with Crippen LogP contribution in [-0.4, -0.2) is 14.1 Å². The Labute approximate surface area is 72.2 Å². The minimum Gasteiger partial charge on any atom is -0.378 e. The zero-order valence-electron chi connectivity index (χ0n) is 6.17. The molecular formula is C8H11CoN. The molecule has 1 rings (SSSR count). The number of hydrogen-bond acceptors (Lipinski definition) is 1. The third kappa shape index (κ3) is 2.41. The summed E-state index contributed by atoms with van der Waals surface area (Å²) >= 11 is 0. The molecule has 0 bridgehead atoms. The van der Waals surface area contributed by atoms with Gasteiger partial charge in [-0.15, -0.1) is 0 Å². The summed E-state index contributed by atoms with van der Waals surface area (Å²) in [6, 6.07) is 10.3. The predicted octanol–water partition coefficient (Wildman–Crippen LogP) is 1.75. The second kappa shape index (κ2) is 4.36. The van der Waals surface area contributed by atoms with Gasteiger partial charge in [0.25, 0.3) is 0 Å². The van der Waals surface area contributed by atoms with Crippen LogP contribution in [0.15, 0.2) is 30.3 Å². The maximum absolute atomic E-state index is 2.08. The van der Waals surface area contributed by atoms with E-state index < -0.39 is 0 Å². The first-order chi connectivity index (χ1) is 4.30. The standard InChI is InChI=1S/C8H11N.Co/c1-9(2)8-6-4-3-5-7-8;/h3-7H,1-2H3;. The van der Waals surface area contributed by atoms with Gasteiger partial charge in [0.15, 0.2) is 0 Å². The molecule has 1 aromatic rings. The van der Waals surface area contributed by atoms with Crippen LogP contribution in [0.2, 0.25) is 0 Å². The van der Waals surface area contributed by atoms with E-state index in [1.54, 1.807) is 0 Å². The smallest absolute Gasteiger partial charge is 0.0360 e. The van der Waals surface area contributed by atoms with E-state index in [4.69, 9.17) is 0 Å². The molecule has 0 atom stereocenters. The summed E-state index contributed by atoms with van der Waals surface area (Å²) in [5, 5.41) is 0. The molecule has 0 aliphatic rings. The van der Waals surface area contributed by atoms with Gasteiger partial charge in [0.05, 0.1) is 0 Å². The third-order valence-electron chi connectivity index (χ3n) is 1.27. The molecule has 0 fully saturated rings. The van der Waals surface area contributed by atoms with Crippen molar-refractivity contribution in [3.63, 3.8) is 0 Å². The Bertz CT molecular complexity index is 172. The maximum atomic E-state index is 2.08. The first-order valence-corrected chi connectivity index (χ1v) is 3.03. The molecule has 0 saturated heterocycles. The van der Waals surface area contributed by atoms with E-state index in [-0.39, 0.29) is 16.8 Å². The van der Waals surface area contributed by atoms with Gasteiger partial charge in [-0.2, -0.15) is 0 Å². The first-order valence-electron chi connectivity index (χ1n) is 3.03. The average Bonchev–Trinajstić information content (AvgIpc) is 1.90. The Kier molecular flexibility index (Phi) is 4.15. The minimum absolute atomic E-state index is 0. The molecule has 10 heavy (non-hydrogen) atoms. The molecule has 0 heterocycles. The zero-order valence-corrected chi connectivity index (χ0v) is 7.21. The summed E-state index contributed by atoms with van der Waals surface area (Å²) in [6.45, 7) is 0. The van der Waals surface area contributed by atoms with Crippen molar-refractivity contribution in [2.45, 2.75) is 0 Å². The quantitative estimate of drug-likeness (QED) is 0.636. The second-order valence-electron chi connectivity index (χ2n) is 2.23. The summed E-state index contributed by atoms with van der Waals surface area (Å²) in [5.41, 5.74) is 1.25. The average molecular weight is 180 g/mol. The number of para-hydroxylation sites is 1. The maximum Gasteiger partial charge on any atom is 0.0360 e. The van der Waals surface area contributed by atoms with Gasteiger partial charge in [-0.1, -0.05) is 18.2 Å². The summed E-state index contributed by atoms with van der Waals surface area (Å²) in [5.74, 6) is 0. The largest absolute Gasteiger partial charge is 0.378 e. The molecule has 0 N–H and O–H groups in total. The number of anilines is 1. The Balaban J connectivity index is 0.000000810. The topological polar surface area (TPSA) is 3.24 Å². The molecule has 0 saturated carbocycles. The van der Waals surface area contributed by atoms with Crippen molar-refractivity contribution in [1.29, 1.82) is 0 Å². The van der Waals surface area contributed by atoms with E-state index in [1.807, 2.05) is 32.3 Å². The number of rotatable bonds is 1. The molecule has 0 aliphatic carbocycles. The van der Waals surface area contributed by atoms with Crippen molar-refractivity contribution in [2.24, 2.45) is 0 Å². The van der Waals surface area contributed by atoms with Gasteiger partial charge in [0, 0.05) is 36.6 Å². The summed E-state index contributed by atoms with van der Waals surface area (Å²) in [4.78, 5) is 2.08. The van der Waals surface area contributed by atoms with Crippen LogP contribution < -0.4 is 4.90 Å². The van der Waals surface area contributed by atoms with Crippen LogP contribution in [0, 0.1) is 0 Å². The Morgan fingerprint density at radius 3 is 1.80 bits per heavy atom. The fraction of sp³-hybridized carbons (Fsp3) is 0.250. The Morgan fingerprint density at radius 2 is 1.50 bits per heavy atom. The van der Waals surface area contributed by atoms with E-state index in [0.717, 1.165) is 0 Å². The predicted molar refractivity (Wildman–Crippen MR) is 40.8 cm³/mol. The van der Waals surface area contributed by atoms with Crippen LogP contribution in [-0.2, 0) is 16.8 Å². The second-order valence-corrected chi connectivity index (χ2v) is 2.23. The molecule has 1 aromatic carbocycles. The Morgan fingerprint density at radius 1 is 1.00 bits per heavy atom. The molecule has 0 amide bonds. The molecule has 2 heteroatoms. The number of benzene rings is 1. The van der Waals surface area contributed by atoms with Crippen molar-refractivity contribution >= 4 is 5.69 Å². The van der Waals surface area contributed by atoms with E-state index >= 15 is 0 Å². The SMILES string of the molecule is CN(C)c1ccccc1.[Co]. The molecule has 57 valence electrons. The van der Waals surface area contributed by atoms with Crippen molar-refractivity contribution in [3.8, 4) is 0 Å². The van der Waals surface area contributed by atoms with Gasteiger partial charge >= 0.3 is 0 Å². The van der Waals surface area contributed by atoms with Crippen molar-refractivity contribution in [3.05, 3.63) is 30.3 Å². The van der Waals surface area contributed by atoms with Crippen LogP contribution in [0.4, 0.5) is 5.69 Å². The fourth-order valence-corrected chi connectivity index (χ4v) is 0.726. The van der Waals surface area contributed by atoms with Gasteiger partial charge in [-0.3, -0.25) is 0 Å². The van der Waals surface area contributed by atoms with Crippen LogP contribution in [0.5, 0.6) is 0 Å². The minimum atomic E-state index is 0. The molecule has 1 radical (unpaired) electrons. The van der Waals surface area contributed by atoms with Gasteiger partial charge in [0.1, 0.15) is 0 Å². The van der Waals surface area contributed by atoms with Crippen molar-refractivity contribution in [2.75, 3.05) is 19.0 Å². The van der Waals surface area contributed by atoms with E-state index in [0.29, 0.717) is 0 Å². The van der Waals surface area contributed by atoms with E-state index in [9.17, 15) is 0 Å². The summed E-state index contributed by atoms with van der Waals surface area (Å²) < 4.78 is 0. The van der Waals surface area contributed by atoms with Gasteiger partial charge in [-0.05, 0) is 12.1 Å². The molecular weight excluding hydrogens is 169 g/mol. The van der Waals surface area contributed by atoms with Crippen LogP contribution in [0.3, 0.4) is 0 Å². The number of hydrogen-bond donors (Lipinski definition) is 0. The molecule has 0 unspecified atom stereocenters. The first kappa shape index (κ1) is 9.53. The zero-order chi connectivity index (χ0) is 6.69. The Hall–Kier alpha value is -0.474. The van der Waals surface area contributed by atoms with Crippen molar-refractivity contribution < 1.29 is 16.8 Å². The fourth-order valence-electron chi connectivity index (χ4n) is 0.726. The van der Waals surface area contributed by atoms with Gasteiger partial charge in [-0.25, -0.2) is 0 Å². The van der Waals surface area contributed by atoms with Gasteiger partial charge in [0.2, 0.25) is 0 Å².